The van der Waals surface area contributed by atoms with Crippen LogP contribution in [0.4, 0.5) is 5.82 Å². The van der Waals surface area contributed by atoms with E-state index in [1.165, 1.54) is 7.11 Å². The Hall–Kier alpha value is -2.72. The standard InChI is InChI=1S/C20H24N4O3/c1-14-6-5-9-24(13-14)19-18(15(12-21)20(25)27-11-10-26-2)22-16-7-3-4-8-17(16)23-19/h3-4,7-8,14-15H,5-6,9-11,13H2,1-2H3/t14-,15+/m1/s1. The third-order valence-electron chi connectivity index (χ3n) is 4.70. The van der Waals surface area contributed by atoms with Crippen LogP contribution in [0.3, 0.4) is 0 Å². The molecule has 1 aromatic heterocycles. The lowest BCUT2D eigenvalue weighted by molar-refractivity contribution is -0.145. The van der Waals surface area contributed by atoms with Crippen molar-refractivity contribution in [3.63, 3.8) is 0 Å². The molecule has 0 saturated carbocycles. The number of hydrogen-bond donors (Lipinski definition) is 0. The predicted molar refractivity (Wildman–Crippen MR) is 101 cm³/mol. The van der Waals surface area contributed by atoms with Crippen molar-refractivity contribution in [3.8, 4) is 6.07 Å². The normalized spacial score (nSPS) is 18.1. The second-order valence-electron chi connectivity index (χ2n) is 6.84. The van der Waals surface area contributed by atoms with Gasteiger partial charge in [-0.1, -0.05) is 19.1 Å². The van der Waals surface area contributed by atoms with Gasteiger partial charge in [0, 0.05) is 20.2 Å². The van der Waals surface area contributed by atoms with Crippen LogP contribution in [0.1, 0.15) is 31.4 Å². The Bertz CT molecular complexity index is 849. The van der Waals surface area contributed by atoms with Gasteiger partial charge in [0.25, 0.3) is 0 Å². The van der Waals surface area contributed by atoms with E-state index in [4.69, 9.17) is 14.5 Å². The van der Waals surface area contributed by atoms with Crippen LogP contribution in [-0.2, 0) is 14.3 Å². The molecule has 1 aliphatic rings. The van der Waals surface area contributed by atoms with Crippen molar-refractivity contribution in [2.24, 2.45) is 5.92 Å². The highest BCUT2D eigenvalue weighted by Gasteiger charge is 2.31. The lowest BCUT2D eigenvalue weighted by Crippen LogP contribution is -2.36. The third-order valence-corrected chi connectivity index (χ3v) is 4.70. The Labute approximate surface area is 158 Å². The summed E-state index contributed by atoms with van der Waals surface area (Å²) >= 11 is 0. The molecule has 7 nitrogen and oxygen atoms in total. The first kappa shape index (κ1) is 19.1. The van der Waals surface area contributed by atoms with Gasteiger partial charge >= 0.3 is 5.97 Å². The van der Waals surface area contributed by atoms with Gasteiger partial charge in [-0.05, 0) is 30.9 Å². The fourth-order valence-electron chi connectivity index (χ4n) is 3.35. The number of para-hydroxylation sites is 2. The molecule has 3 rings (SSSR count). The Balaban J connectivity index is 2.01. The molecule has 1 aromatic carbocycles. The van der Waals surface area contributed by atoms with Crippen molar-refractivity contribution in [2.75, 3.05) is 38.3 Å². The van der Waals surface area contributed by atoms with Crippen LogP contribution in [0, 0.1) is 17.2 Å². The second-order valence-corrected chi connectivity index (χ2v) is 6.84. The number of rotatable bonds is 6. The minimum absolute atomic E-state index is 0.102. The fraction of sp³-hybridized carbons (Fsp3) is 0.500. The van der Waals surface area contributed by atoms with Crippen molar-refractivity contribution in [2.45, 2.75) is 25.7 Å². The van der Waals surface area contributed by atoms with Gasteiger partial charge in [-0.3, -0.25) is 4.79 Å². The summed E-state index contributed by atoms with van der Waals surface area (Å²) in [5.41, 5.74) is 1.78. The summed E-state index contributed by atoms with van der Waals surface area (Å²) in [6.07, 6.45) is 2.21. The number of carbonyl (C=O) groups excluding carboxylic acids is 1. The molecule has 0 aliphatic carbocycles. The summed E-state index contributed by atoms with van der Waals surface area (Å²) in [6, 6.07) is 9.54. The number of esters is 1. The first-order chi connectivity index (χ1) is 13.1. The summed E-state index contributed by atoms with van der Waals surface area (Å²) in [5.74, 6) is -0.610. The maximum absolute atomic E-state index is 12.5. The molecule has 0 bridgehead atoms. The largest absolute Gasteiger partial charge is 0.462 e. The van der Waals surface area contributed by atoms with Gasteiger partial charge < -0.3 is 14.4 Å². The molecule has 0 unspecified atom stereocenters. The molecule has 0 amide bonds. The third kappa shape index (κ3) is 4.34. The Morgan fingerprint density at radius 3 is 2.74 bits per heavy atom. The number of hydrogen-bond acceptors (Lipinski definition) is 7. The predicted octanol–water partition coefficient (Wildman–Crippen LogP) is 2.66. The molecule has 1 aliphatic heterocycles. The molecule has 0 N–H and O–H groups in total. The minimum Gasteiger partial charge on any atom is -0.462 e. The molecule has 0 spiro atoms. The van der Waals surface area contributed by atoms with Gasteiger partial charge in [-0.2, -0.15) is 5.26 Å². The zero-order chi connectivity index (χ0) is 19.2. The molecule has 7 heteroatoms. The maximum Gasteiger partial charge on any atom is 0.329 e. The molecular weight excluding hydrogens is 344 g/mol. The highest BCUT2D eigenvalue weighted by molar-refractivity contribution is 5.85. The molecule has 1 saturated heterocycles. The average molecular weight is 368 g/mol. The van der Waals surface area contributed by atoms with E-state index in [1.54, 1.807) is 0 Å². The average Bonchev–Trinajstić information content (AvgIpc) is 2.68. The van der Waals surface area contributed by atoms with Gasteiger partial charge in [-0.25, -0.2) is 9.97 Å². The summed E-state index contributed by atoms with van der Waals surface area (Å²) in [5, 5.41) is 9.68. The van der Waals surface area contributed by atoms with E-state index in [1.807, 2.05) is 24.3 Å². The number of anilines is 1. The van der Waals surface area contributed by atoms with Gasteiger partial charge in [-0.15, -0.1) is 0 Å². The van der Waals surface area contributed by atoms with E-state index in [9.17, 15) is 10.1 Å². The van der Waals surface area contributed by atoms with Crippen LogP contribution in [0.15, 0.2) is 24.3 Å². The van der Waals surface area contributed by atoms with Crippen LogP contribution in [-0.4, -0.2) is 49.4 Å². The summed E-state index contributed by atoms with van der Waals surface area (Å²) in [4.78, 5) is 24.0. The zero-order valence-corrected chi connectivity index (χ0v) is 15.7. The van der Waals surface area contributed by atoms with E-state index >= 15 is 0 Å². The molecule has 1 fully saturated rings. The van der Waals surface area contributed by atoms with Crippen molar-refractivity contribution in [3.05, 3.63) is 30.0 Å². The van der Waals surface area contributed by atoms with Crippen LogP contribution >= 0.6 is 0 Å². The summed E-state index contributed by atoms with van der Waals surface area (Å²) < 4.78 is 10.1. The number of methoxy groups -OCH3 is 1. The summed E-state index contributed by atoms with van der Waals surface area (Å²) in [6.45, 7) is 4.24. The first-order valence-electron chi connectivity index (χ1n) is 9.21. The molecule has 142 valence electrons. The fourth-order valence-corrected chi connectivity index (χ4v) is 3.35. The minimum atomic E-state index is -1.12. The van der Waals surface area contributed by atoms with Crippen LogP contribution in [0.25, 0.3) is 11.0 Å². The van der Waals surface area contributed by atoms with E-state index in [2.05, 4.69) is 22.9 Å². The monoisotopic (exact) mass is 368 g/mol. The first-order valence-corrected chi connectivity index (χ1v) is 9.21. The van der Waals surface area contributed by atoms with Gasteiger partial charge in [0.2, 0.25) is 0 Å². The van der Waals surface area contributed by atoms with Crippen molar-refractivity contribution >= 4 is 22.8 Å². The lowest BCUT2D eigenvalue weighted by atomic mass is 9.99. The van der Waals surface area contributed by atoms with Gasteiger partial charge in [0.15, 0.2) is 11.7 Å². The van der Waals surface area contributed by atoms with E-state index in [-0.39, 0.29) is 13.2 Å². The van der Waals surface area contributed by atoms with Crippen molar-refractivity contribution in [1.29, 1.82) is 5.26 Å². The smallest absolute Gasteiger partial charge is 0.329 e. The van der Waals surface area contributed by atoms with E-state index < -0.39 is 11.9 Å². The Kier molecular flexibility index (Phi) is 6.20. The van der Waals surface area contributed by atoms with Crippen molar-refractivity contribution in [1.82, 2.24) is 9.97 Å². The number of aromatic nitrogens is 2. The summed E-state index contributed by atoms with van der Waals surface area (Å²) in [7, 11) is 1.53. The lowest BCUT2D eigenvalue weighted by Gasteiger charge is -2.33. The maximum atomic E-state index is 12.5. The van der Waals surface area contributed by atoms with Crippen LogP contribution in [0.2, 0.25) is 0 Å². The molecule has 2 heterocycles. The zero-order valence-electron chi connectivity index (χ0n) is 15.7. The molecule has 2 atom stereocenters. The van der Waals surface area contributed by atoms with Gasteiger partial charge in [0.1, 0.15) is 12.3 Å². The Morgan fingerprint density at radius 2 is 2.07 bits per heavy atom. The van der Waals surface area contributed by atoms with Gasteiger partial charge in [0.05, 0.1) is 23.7 Å². The molecular formula is C20H24N4O3. The number of piperidine rings is 1. The van der Waals surface area contributed by atoms with Crippen LogP contribution < -0.4 is 4.90 Å². The highest BCUT2D eigenvalue weighted by Crippen LogP contribution is 2.30. The van der Waals surface area contributed by atoms with Crippen molar-refractivity contribution < 1.29 is 14.3 Å². The number of carbonyl (C=O) groups is 1. The van der Waals surface area contributed by atoms with E-state index in [0.29, 0.717) is 22.9 Å². The number of fused-ring (bicyclic) bond motifs is 1. The quantitative estimate of drug-likeness (QED) is 0.572. The number of ether oxygens (including phenoxy) is 2. The SMILES string of the molecule is COCCOC(=O)[C@@H](C#N)c1nc2ccccc2nc1N1CCC[C@@H](C)C1. The molecule has 0 radical (unpaired) electrons. The van der Waals surface area contributed by atoms with Crippen LogP contribution in [0.5, 0.6) is 0 Å². The molecule has 27 heavy (non-hydrogen) atoms. The molecule has 2 aromatic rings. The van der Waals surface area contributed by atoms with E-state index in [0.717, 1.165) is 31.4 Å². The topological polar surface area (TPSA) is 88.3 Å². The highest BCUT2D eigenvalue weighted by atomic mass is 16.6. The second kappa shape index (κ2) is 8.78. The number of benzene rings is 1. The number of nitrogens with zero attached hydrogens (tertiary/aromatic N) is 4. The Morgan fingerprint density at radius 1 is 1.33 bits per heavy atom. The number of nitriles is 1.